The Morgan fingerprint density at radius 2 is 2.19 bits per heavy atom. The van der Waals surface area contributed by atoms with Crippen LogP contribution in [0.25, 0.3) is 0 Å². The molecule has 1 atom stereocenters. The molecule has 0 saturated carbocycles. The van der Waals surface area contributed by atoms with Gasteiger partial charge in [0.25, 0.3) is 0 Å². The van der Waals surface area contributed by atoms with Crippen molar-refractivity contribution in [3.05, 3.63) is 0 Å². The molecule has 4 heteroatoms. The summed E-state index contributed by atoms with van der Waals surface area (Å²) < 4.78 is 0. The van der Waals surface area contributed by atoms with Crippen LogP contribution in [0.2, 0.25) is 0 Å². The van der Waals surface area contributed by atoms with Crippen LogP contribution in [0.5, 0.6) is 0 Å². The first kappa shape index (κ1) is 13.8. The number of likely N-dealkylation sites (tertiary alicyclic amines) is 1. The van der Waals surface area contributed by atoms with E-state index in [1.807, 2.05) is 18.7 Å². The molecule has 0 aliphatic carbocycles. The van der Waals surface area contributed by atoms with Gasteiger partial charge in [0.15, 0.2) is 0 Å². The molecule has 94 valence electrons. The smallest absolute Gasteiger partial charge is 0.232 e. The van der Waals surface area contributed by atoms with E-state index in [0.717, 1.165) is 13.0 Å². The van der Waals surface area contributed by atoms with Gasteiger partial charge in [-0.05, 0) is 25.5 Å². The van der Waals surface area contributed by atoms with E-state index in [1.54, 1.807) is 11.8 Å². The molecule has 1 fully saturated rings. The van der Waals surface area contributed by atoms with E-state index in [9.17, 15) is 9.90 Å². The van der Waals surface area contributed by atoms with Gasteiger partial charge in [-0.2, -0.15) is 0 Å². The van der Waals surface area contributed by atoms with Crippen molar-refractivity contribution in [3.63, 3.8) is 0 Å². The van der Waals surface area contributed by atoms with Gasteiger partial charge in [-0.3, -0.25) is 4.79 Å². The van der Waals surface area contributed by atoms with E-state index in [0.29, 0.717) is 17.5 Å². The fraction of sp³-hybridized carbons (Fsp3) is 0.917. The molecule has 0 spiro atoms. The van der Waals surface area contributed by atoms with Crippen molar-refractivity contribution >= 4 is 17.7 Å². The summed E-state index contributed by atoms with van der Waals surface area (Å²) in [4.78, 5) is 13.7. The van der Waals surface area contributed by atoms with Gasteiger partial charge in [-0.15, -0.1) is 11.8 Å². The van der Waals surface area contributed by atoms with E-state index in [1.165, 1.54) is 0 Å². The van der Waals surface area contributed by atoms with Gasteiger partial charge in [0, 0.05) is 19.0 Å². The molecular formula is C12H23NO2S. The molecular weight excluding hydrogens is 222 g/mol. The zero-order valence-corrected chi connectivity index (χ0v) is 11.5. The van der Waals surface area contributed by atoms with Crippen molar-refractivity contribution in [3.8, 4) is 0 Å². The molecule has 1 aliphatic rings. The first-order valence-corrected chi connectivity index (χ1v) is 6.97. The minimum absolute atomic E-state index is 0.213. The summed E-state index contributed by atoms with van der Waals surface area (Å²) in [6, 6.07) is 0. The van der Waals surface area contributed by atoms with Gasteiger partial charge in [-0.1, -0.05) is 13.8 Å². The summed E-state index contributed by atoms with van der Waals surface area (Å²) in [6.07, 6.45) is 0.918. The van der Waals surface area contributed by atoms with Crippen LogP contribution in [-0.2, 0) is 4.79 Å². The maximum atomic E-state index is 11.8. The Bertz CT molecular complexity index is 248. The van der Waals surface area contributed by atoms with E-state index in [2.05, 4.69) is 13.8 Å². The van der Waals surface area contributed by atoms with E-state index < -0.39 is 5.60 Å². The van der Waals surface area contributed by atoms with Crippen molar-refractivity contribution in [2.75, 3.05) is 18.8 Å². The van der Waals surface area contributed by atoms with Gasteiger partial charge in [0.2, 0.25) is 5.91 Å². The quantitative estimate of drug-likeness (QED) is 0.820. The number of carbonyl (C=O) groups is 1. The Hall–Kier alpha value is -0.220. The highest BCUT2D eigenvalue weighted by molar-refractivity contribution is 8.00. The van der Waals surface area contributed by atoms with Gasteiger partial charge in [-0.25, -0.2) is 0 Å². The summed E-state index contributed by atoms with van der Waals surface area (Å²) in [5.74, 6) is 1.00. The van der Waals surface area contributed by atoms with E-state index >= 15 is 0 Å². The van der Waals surface area contributed by atoms with Crippen molar-refractivity contribution in [2.24, 2.45) is 5.92 Å². The van der Waals surface area contributed by atoms with Crippen LogP contribution >= 0.6 is 11.8 Å². The zero-order valence-electron chi connectivity index (χ0n) is 10.7. The minimum Gasteiger partial charge on any atom is -0.390 e. The van der Waals surface area contributed by atoms with Crippen LogP contribution in [0.4, 0.5) is 0 Å². The van der Waals surface area contributed by atoms with Crippen molar-refractivity contribution in [1.29, 1.82) is 0 Å². The van der Waals surface area contributed by atoms with E-state index in [-0.39, 0.29) is 11.8 Å². The van der Waals surface area contributed by atoms with Crippen molar-refractivity contribution in [2.45, 2.75) is 45.0 Å². The summed E-state index contributed by atoms with van der Waals surface area (Å²) in [7, 11) is 0. The standard InChI is InChI=1S/C12H23NO2S/c1-9(2)16-8-11(14)13-6-5-10(7-13)12(3,4)15/h9-10,15H,5-8H2,1-4H3. The van der Waals surface area contributed by atoms with Crippen molar-refractivity contribution in [1.82, 2.24) is 4.90 Å². The predicted molar refractivity (Wildman–Crippen MR) is 68.6 cm³/mol. The molecule has 1 unspecified atom stereocenters. The summed E-state index contributed by atoms with van der Waals surface area (Å²) in [5, 5.41) is 10.4. The summed E-state index contributed by atoms with van der Waals surface area (Å²) in [5.41, 5.74) is -0.666. The molecule has 3 nitrogen and oxygen atoms in total. The molecule has 1 heterocycles. The number of carbonyl (C=O) groups excluding carboxylic acids is 1. The second-order valence-corrected chi connectivity index (χ2v) is 6.90. The molecule has 1 aliphatic heterocycles. The SMILES string of the molecule is CC(C)SCC(=O)N1CCC(C(C)(C)O)C1. The lowest BCUT2D eigenvalue weighted by Crippen LogP contribution is -2.36. The number of thioether (sulfide) groups is 1. The average Bonchev–Trinajstić information content (AvgIpc) is 2.61. The van der Waals surface area contributed by atoms with Gasteiger partial charge in [0.05, 0.1) is 11.4 Å². The van der Waals surface area contributed by atoms with Gasteiger partial charge < -0.3 is 10.0 Å². The first-order chi connectivity index (χ1) is 7.30. The third kappa shape index (κ3) is 3.98. The lowest BCUT2D eigenvalue weighted by Gasteiger charge is -2.25. The highest BCUT2D eigenvalue weighted by Crippen LogP contribution is 2.27. The topological polar surface area (TPSA) is 40.5 Å². The third-order valence-electron chi connectivity index (χ3n) is 3.08. The number of hydrogen-bond donors (Lipinski definition) is 1. The van der Waals surface area contributed by atoms with Crippen LogP contribution in [0.15, 0.2) is 0 Å². The largest absolute Gasteiger partial charge is 0.390 e. The molecule has 0 radical (unpaired) electrons. The van der Waals surface area contributed by atoms with Gasteiger partial charge >= 0.3 is 0 Å². The molecule has 1 saturated heterocycles. The minimum atomic E-state index is -0.666. The monoisotopic (exact) mass is 245 g/mol. The third-order valence-corrected chi connectivity index (χ3v) is 4.16. The lowest BCUT2D eigenvalue weighted by atomic mass is 9.90. The van der Waals surface area contributed by atoms with Crippen LogP contribution in [0, 0.1) is 5.92 Å². The second kappa shape index (κ2) is 5.41. The van der Waals surface area contributed by atoms with Gasteiger partial charge in [0.1, 0.15) is 0 Å². The molecule has 0 aromatic rings. The number of aliphatic hydroxyl groups is 1. The van der Waals surface area contributed by atoms with Crippen LogP contribution < -0.4 is 0 Å². The highest BCUT2D eigenvalue weighted by Gasteiger charge is 2.35. The number of rotatable bonds is 4. The Kier molecular flexibility index (Phi) is 4.68. The number of hydrogen-bond acceptors (Lipinski definition) is 3. The highest BCUT2D eigenvalue weighted by atomic mass is 32.2. The molecule has 0 aromatic carbocycles. The average molecular weight is 245 g/mol. The second-order valence-electron chi connectivity index (χ2n) is 5.34. The Morgan fingerprint density at radius 3 is 2.62 bits per heavy atom. The van der Waals surface area contributed by atoms with Crippen LogP contribution in [-0.4, -0.2) is 45.6 Å². The Balaban J connectivity index is 2.38. The summed E-state index contributed by atoms with van der Waals surface area (Å²) >= 11 is 1.68. The van der Waals surface area contributed by atoms with Crippen molar-refractivity contribution < 1.29 is 9.90 Å². The summed E-state index contributed by atoms with van der Waals surface area (Å²) in [6.45, 7) is 9.36. The molecule has 1 amide bonds. The van der Waals surface area contributed by atoms with Crippen LogP contribution in [0.1, 0.15) is 34.1 Å². The Morgan fingerprint density at radius 1 is 1.56 bits per heavy atom. The molecule has 1 N–H and O–H groups in total. The zero-order chi connectivity index (χ0) is 12.3. The maximum Gasteiger partial charge on any atom is 0.232 e. The normalized spacial score (nSPS) is 21.9. The molecule has 1 rings (SSSR count). The molecule has 16 heavy (non-hydrogen) atoms. The number of nitrogens with zero attached hydrogens (tertiary/aromatic N) is 1. The lowest BCUT2D eigenvalue weighted by molar-refractivity contribution is -0.127. The Labute approximate surface area is 103 Å². The molecule has 0 aromatic heterocycles. The fourth-order valence-electron chi connectivity index (χ4n) is 1.89. The first-order valence-electron chi connectivity index (χ1n) is 5.92. The van der Waals surface area contributed by atoms with E-state index in [4.69, 9.17) is 0 Å². The predicted octanol–water partition coefficient (Wildman–Crippen LogP) is 1.75. The molecule has 0 bridgehead atoms. The van der Waals surface area contributed by atoms with Crippen LogP contribution in [0.3, 0.4) is 0 Å². The maximum absolute atomic E-state index is 11.8. The fourth-order valence-corrected chi connectivity index (χ4v) is 2.55. The number of amides is 1.